The highest BCUT2D eigenvalue weighted by Gasteiger charge is 2.41. The third kappa shape index (κ3) is 6.36. The Balaban J connectivity index is 0.996. The monoisotopic (exact) mass is 747 g/mol. The van der Waals surface area contributed by atoms with Crippen molar-refractivity contribution in [3.8, 4) is 90.3 Å². The molecule has 1 aliphatic rings. The summed E-state index contributed by atoms with van der Waals surface area (Å²) in [6.07, 6.45) is 0. The molecular formula is C51H37N5Si. The largest absolute Gasteiger partial charge is 0.228 e. The number of fused-ring (bicyclic) bond motifs is 3. The number of hydrogen-bond donors (Lipinski definition) is 0. The van der Waals surface area contributed by atoms with E-state index in [0.717, 1.165) is 67.3 Å². The van der Waals surface area contributed by atoms with Gasteiger partial charge in [-0.15, -0.1) is 0 Å². The fourth-order valence-electron chi connectivity index (χ4n) is 8.02. The Bertz CT molecular complexity index is 2850. The molecule has 0 fully saturated rings. The maximum atomic E-state index is 5.35. The molecule has 2 aromatic heterocycles. The fraction of sp³-hybridized carbons (Fsp3) is 0.0392. The number of aromatic nitrogens is 5. The van der Waals surface area contributed by atoms with Crippen LogP contribution in [0, 0.1) is 0 Å². The van der Waals surface area contributed by atoms with Crippen LogP contribution in [0.25, 0.3) is 90.3 Å². The van der Waals surface area contributed by atoms with E-state index >= 15 is 0 Å². The third-order valence-corrected chi connectivity index (χ3v) is 14.4. The molecule has 3 heterocycles. The molecule has 0 aliphatic carbocycles. The van der Waals surface area contributed by atoms with E-state index in [9.17, 15) is 0 Å². The Morgan fingerprint density at radius 1 is 0.298 bits per heavy atom. The van der Waals surface area contributed by atoms with Gasteiger partial charge < -0.3 is 0 Å². The molecule has 0 saturated carbocycles. The highest BCUT2D eigenvalue weighted by atomic mass is 28.3. The quantitative estimate of drug-likeness (QED) is 0.152. The van der Waals surface area contributed by atoms with Gasteiger partial charge in [0.2, 0.25) is 0 Å². The lowest BCUT2D eigenvalue weighted by Gasteiger charge is -2.21. The molecule has 0 N–H and O–H groups in total. The highest BCUT2D eigenvalue weighted by Crippen LogP contribution is 2.35. The molecule has 0 spiro atoms. The predicted octanol–water partition coefficient (Wildman–Crippen LogP) is 11.1. The van der Waals surface area contributed by atoms with Gasteiger partial charge in [-0.25, -0.2) is 24.9 Å². The summed E-state index contributed by atoms with van der Waals surface area (Å²) in [6.45, 7) is 4.84. The van der Waals surface area contributed by atoms with Gasteiger partial charge in [0, 0.05) is 27.8 Å². The first-order valence-electron chi connectivity index (χ1n) is 19.3. The topological polar surface area (TPSA) is 64.5 Å². The molecule has 5 nitrogen and oxygen atoms in total. The summed E-state index contributed by atoms with van der Waals surface area (Å²) in [7, 11) is -2.03. The van der Waals surface area contributed by atoms with Crippen molar-refractivity contribution < 1.29 is 0 Å². The van der Waals surface area contributed by atoms with Crippen LogP contribution < -0.4 is 10.4 Å². The molecule has 0 radical (unpaired) electrons. The minimum Gasteiger partial charge on any atom is -0.228 e. The smallest absolute Gasteiger partial charge is 0.164 e. The van der Waals surface area contributed by atoms with Crippen molar-refractivity contribution in [1.29, 1.82) is 0 Å². The molecule has 0 saturated heterocycles. The minimum atomic E-state index is -2.03. The average molecular weight is 748 g/mol. The van der Waals surface area contributed by atoms with Crippen molar-refractivity contribution in [2.75, 3.05) is 0 Å². The summed E-state index contributed by atoms with van der Waals surface area (Å²) >= 11 is 0. The molecule has 0 bridgehead atoms. The van der Waals surface area contributed by atoms with E-state index in [4.69, 9.17) is 24.9 Å². The first-order valence-corrected chi connectivity index (χ1v) is 22.3. The molecule has 1 aliphatic heterocycles. The van der Waals surface area contributed by atoms with E-state index < -0.39 is 8.07 Å². The van der Waals surface area contributed by atoms with Crippen LogP contribution in [0.2, 0.25) is 13.1 Å². The molecule has 0 amide bonds. The van der Waals surface area contributed by atoms with Gasteiger partial charge in [-0.1, -0.05) is 189 Å². The molecule has 270 valence electrons. The Hall–Kier alpha value is -7.15. The van der Waals surface area contributed by atoms with Gasteiger partial charge in [0.05, 0.1) is 11.4 Å². The highest BCUT2D eigenvalue weighted by molar-refractivity contribution is 7.04. The molecule has 0 unspecified atom stereocenters. The van der Waals surface area contributed by atoms with Gasteiger partial charge in [0.15, 0.2) is 23.3 Å². The average Bonchev–Trinajstić information content (AvgIpc) is 3.52. The minimum absolute atomic E-state index is 0.637. The Kier molecular flexibility index (Phi) is 8.54. The summed E-state index contributed by atoms with van der Waals surface area (Å²) in [5.74, 6) is 2.68. The lowest BCUT2D eigenvalue weighted by Crippen LogP contribution is -2.50. The van der Waals surface area contributed by atoms with Crippen LogP contribution in [0.1, 0.15) is 0 Å². The predicted molar refractivity (Wildman–Crippen MR) is 236 cm³/mol. The van der Waals surface area contributed by atoms with Crippen molar-refractivity contribution >= 4 is 18.4 Å². The summed E-state index contributed by atoms with van der Waals surface area (Å²) in [4.78, 5) is 25.4. The van der Waals surface area contributed by atoms with E-state index in [1.165, 1.54) is 15.9 Å². The van der Waals surface area contributed by atoms with E-state index in [2.05, 4.69) is 140 Å². The number of nitrogens with zero attached hydrogens (tertiary/aromatic N) is 5. The molecule has 10 rings (SSSR count). The van der Waals surface area contributed by atoms with Crippen molar-refractivity contribution in [3.05, 3.63) is 188 Å². The van der Waals surface area contributed by atoms with Crippen LogP contribution in [0.5, 0.6) is 0 Å². The fourth-order valence-corrected chi connectivity index (χ4v) is 11.2. The van der Waals surface area contributed by atoms with Crippen LogP contribution in [0.15, 0.2) is 188 Å². The number of benzene rings is 7. The summed E-state index contributed by atoms with van der Waals surface area (Å²) in [5, 5.41) is 2.74. The SMILES string of the molecule is C[Si]1(C)c2ccccc2-c2nc(-c3cccc(-c4cccc(-c5ccc(-c6nc(-c7ccccc7)nc(-c7ccccc7)n6)cc5)c4)c3)nc(-c3ccccc3)c21. The van der Waals surface area contributed by atoms with Crippen molar-refractivity contribution in [1.82, 2.24) is 24.9 Å². The van der Waals surface area contributed by atoms with E-state index in [-0.39, 0.29) is 0 Å². The third-order valence-electron chi connectivity index (χ3n) is 10.9. The lowest BCUT2D eigenvalue weighted by atomic mass is 9.97. The van der Waals surface area contributed by atoms with Gasteiger partial charge >= 0.3 is 0 Å². The van der Waals surface area contributed by atoms with Crippen LogP contribution in [-0.4, -0.2) is 33.0 Å². The Morgan fingerprint density at radius 3 is 1.26 bits per heavy atom. The summed E-state index contributed by atoms with van der Waals surface area (Å²) in [5.41, 5.74) is 12.8. The van der Waals surface area contributed by atoms with E-state index in [1.54, 1.807) is 0 Å². The van der Waals surface area contributed by atoms with Crippen LogP contribution >= 0.6 is 0 Å². The number of hydrogen-bond acceptors (Lipinski definition) is 5. The second kappa shape index (κ2) is 14.2. The summed E-state index contributed by atoms with van der Waals surface area (Å²) in [6, 6.07) is 65.3. The maximum Gasteiger partial charge on any atom is 0.164 e. The maximum absolute atomic E-state index is 5.35. The molecule has 57 heavy (non-hydrogen) atoms. The molecule has 0 atom stereocenters. The van der Waals surface area contributed by atoms with Crippen LogP contribution in [0.4, 0.5) is 0 Å². The standard InChI is InChI=1S/C51H37N5Si/c1-57(2)44-27-13-12-26-43(44)46-47(57)45(35-16-6-3-7-17-35)52-51(53-46)42-25-15-24-41(33-42)40-23-14-22-39(32-40)34-28-30-38(31-29-34)50-55-48(36-18-8-4-9-19-36)54-49(56-50)37-20-10-5-11-21-37/h3-33H,1-2H3. The first kappa shape index (κ1) is 34.3. The van der Waals surface area contributed by atoms with Gasteiger partial charge in [-0.05, 0) is 50.3 Å². The zero-order valence-corrected chi connectivity index (χ0v) is 32.6. The van der Waals surface area contributed by atoms with Gasteiger partial charge in [-0.3, -0.25) is 0 Å². The van der Waals surface area contributed by atoms with Crippen molar-refractivity contribution in [2.24, 2.45) is 0 Å². The molecule has 9 aromatic rings. The van der Waals surface area contributed by atoms with Gasteiger partial charge in [0.25, 0.3) is 0 Å². The Morgan fingerprint density at radius 2 is 0.684 bits per heavy atom. The first-order chi connectivity index (χ1) is 28.0. The second-order valence-corrected chi connectivity index (χ2v) is 19.2. The molecular weight excluding hydrogens is 711 g/mol. The zero-order chi connectivity index (χ0) is 38.3. The molecule has 6 heteroatoms. The zero-order valence-electron chi connectivity index (χ0n) is 31.6. The van der Waals surface area contributed by atoms with Crippen LogP contribution in [0.3, 0.4) is 0 Å². The normalized spacial score (nSPS) is 12.5. The van der Waals surface area contributed by atoms with Crippen LogP contribution in [-0.2, 0) is 0 Å². The van der Waals surface area contributed by atoms with Gasteiger partial charge in [0.1, 0.15) is 8.07 Å². The van der Waals surface area contributed by atoms with Crippen molar-refractivity contribution in [2.45, 2.75) is 13.1 Å². The lowest BCUT2D eigenvalue weighted by molar-refractivity contribution is 1.07. The van der Waals surface area contributed by atoms with Gasteiger partial charge in [-0.2, -0.15) is 0 Å². The van der Waals surface area contributed by atoms with E-state index in [0.29, 0.717) is 17.5 Å². The summed E-state index contributed by atoms with van der Waals surface area (Å²) < 4.78 is 0. The Labute approximate surface area is 333 Å². The van der Waals surface area contributed by atoms with E-state index in [1.807, 2.05) is 60.7 Å². The second-order valence-electron chi connectivity index (χ2n) is 14.9. The number of rotatable bonds is 7. The molecule has 7 aromatic carbocycles. The van der Waals surface area contributed by atoms with Crippen molar-refractivity contribution in [3.63, 3.8) is 0 Å².